The zero-order chi connectivity index (χ0) is 17.4. The Morgan fingerprint density at radius 1 is 1.08 bits per heavy atom. The van der Waals surface area contributed by atoms with Crippen LogP contribution < -0.4 is 15.1 Å². The molecule has 1 aliphatic heterocycles. The SMILES string of the molecule is CC(C)[C@@H](C)NC(=O)C[NH+]1CC[NH+](C/C=C/c2ccccc2)CC1. The van der Waals surface area contributed by atoms with Crippen molar-refractivity contribution in [1.82, 2.24) is 5.32 Å². The number of hydrogen-bond donors (Lipinski definition) is 3. The Morgan fingerprint density at radius 2 is 1.71 bits per heavy atom. The first-order valence-electron chi connectivity index (χ1n) is 9.22. The zero-order valence-electron chi connectivity index (χ0n) is 15.3. The highest BCUT2D eigenvalue weighted by Crippen LogP contribution is 2.00. The third kappa shape index (κ3) is 6.46. The number of benzene rings is 1. The summed E-state index contributed by atoms with van der Waals surface area (Å²) < 4.78 is 0. The van der Waals surface area contributed by atoms with Crippen molar-refractivity contribution in [3.05, 3.63) is 42.0 Å². The molecular formula is C20H33N3O+2. The van der Waals surface area contributed by atoms with Gasteiger partial charge in [-0.25, -0.2) is 0 Å². The fraction of sp³-hybridized carbons (Fsp3) is 0.550. The van der Waals surface area contributed by atoms with Gasteiger partial charge in [-0.1, -0.05) is 50.3 Å². The van der Waals surface area contributed by atoms with E-state index in [0.717, 1.165) is 32.7 Å². The van der Waals surface area contributed by atoms with Crippen LogP contribution in [-0.4, -0.2) is 51.2 Å². The Balaban J connectivity index is 1.66. The van der Waals surface area contributed by atoms with Crippen LogP contribution in [0.15, 0.2) is 36.4 Å². The number of piperazine rings is 1. The van der Waals surface area contributed by atoms with E-state index in [0.29, 0.717) is 12.5 Å². The minimum Gasteiger partial charge on any atom is -0.348 e. The van der Waals surface area contributed by atoms with Crippen molar-refractivity contribution in [3.8, 4) is 0 Å². The molecule has 1 aliphatic rings. The molecule has 4 nitrogen and oxygen atoms in total. The topological polar surface area (TPSA) is 38.0 Å². The molecule has 0 bridgehead atoms. The third-order valence-electron chi connectivity index (χ3n) is 4.98. The summed E-state index contributed by atoms with van der Waals surface area (Å²) >= 11 is 0. The average Bonchev–Trinajstić information content (AvgIpc) is 2.57. The molecule has 1 amide bonds. The van der Waals surface area contributed by atoms with Crippen LogP contribution in [0.4, 0.5) is 0 Å². The van der Waals surface area contributed by atoms with E-state index < -0.39 is 0 Å². The number of nitrogens with one attached hydrogen (secondary N) is 3. The minimum atomic E-state index is 0.193. The summed E-state index contributed by atoms with van der Waals surface area (Å²) in [5.74, 6) is 0.681. The number of hydrogen-bond acceptors (Lipinski definition) is 1. The second-order valence-corrected chi connectivity index (χ2v) is 7.29. The van der Waals surface area contributed by atoms with Crippen molar-refractivity contribution in [2.75, 3.05) is 39.3 Å². The number of rotatable bonds is 7. The van der Waals surface area contributed by atoms with E-state index in [1.165, 1.54) is 10.5 Å². The average molecular weight is 332 g/mol. The van der Waals surface area contributed by atoms with E-state index in [1.807, 2.05) is 6.07 Å². The van der Waals surface area contributed by atoms with Crippen LogP contribution in [0.5, 0.6) is 0 Å². The fourth-order valence-electron chi connectivity index (χ4n) is 2.96. The Hall–Kier alpha value is -1.65. The van der Waals surface area contributed by atoms with Gasteiger partial charge in [-0.05, 0) is 24.5 Å². The molecule has 4 heteroatoms. The van der Waals surface area contributed by atoms with Crippen LogP contribution in [0.2, 0.25) is 0 Å². The quantitative estimate of drug-likeness (QED) is 0.627. The lowest BCUT2D eigenvalue weighted by molar-refractivity contribution is -1.01. The highest BCUT2D eigenvalue weighted by atomic mass is 16.2. The van der Waals surface area contributed by atoms with Crippen molar-refractivity contribution < 1.29 is 14.6 Å². The molecule has 132 valence electrons. The minimum absolute atomic E-state index is 0.193. The molecule has 0 aliphatic carbocycles. The summed E-state index contributed by atoms with van der Waals surface area (Å²) in [6.45, 7) is 12.5. The Morgan fingerprint density at radius 3 is 2.33 bits per heavy atom. The molecule has 1 atom stereocenters. The lowest BCUT2D eigenvalue weighted by Gasteiger charge is -2.29. The first-order valence-corrected chi connectivity index (χ1v) is 9.22. The first kappa shape index (κ1) is 18.7. The standard InChI is InChI=1S/C20H31N3O/c1-17(2)18(3)21-20(24)16-23-14-12-22(13-15-23)11-7-10-19-8-5-4-6-9-19/h4-10,17-18H,11-16H2,1-3H3,(H,21,24)/p+2/b10-7+/t18-/m1/s1. The van der Waals surface area contributed by atoms with E-state index in [-0.39, 0.29) is 11.9 Å². The van der Waals surface area contributed by atoms with Crippen LogP contribution in [0.1, 0.15) is 26.3 Å². The molecule has 1 fully saturated rings. The molecule has 3 N–H and O–H groups in total. The molecule has 2 rings (SSSR count). The summed E-state index contributed by atoms with van der Waals surface area (Å²) in [6, 6.07) is 10.7. The molecule has 24 heavy (non-hydrogen) atoms. The highest BCUT2D eigenvalue weighted by molar-refractivity contribution is 5.77. The van der Waals surface area contributed by atoms with Crippen molar-refractivity contribution in [2.45, 2.75) is 26.8 Å². The van der Waals surface area contributed by atoms with Gasteiger partial charge in [0.1, 0.15) is 26.2 Å². The monoisotopic (exact) mass is 331 g/mol. The second-order valence-electron chi connectivity index (χ2n) is 7.29. The molecule has 0 saturated carbocycles. The van der Waals surface area contributed by atoms with Gasteiger partial charge in [-0.15, -0.1) is 0 Å². The Labute approximate surface area is 146 Å². The van der Waals surface area contributed by atoms with E-state index >= 15 is 0 Å². The lowest BCUT2D eigenvalue weighted by Crippen LogP contribution is -3.28. The summed E-state index contributed by atoms with van der Waals surface area (Å²) in [5, 5.41) is 3.11. The Kier molecular flexibility index (Phi) is 7.47. The van der Waals surface area contributed by atoms with Crippen molar-refractivity contribution in [3.63, 3.8) is 0 Å². The van der Waals surface area contributed by atoms with Gasteiger partial charge < -0.3 is 15.1 Å². The second kappa shape index (κ2) is 9.60. The summed E-state index contributed by atoms with van der Waals surface area (Å²) in [7, 11) is 0. The van der Waals surface area contributed by atoms with Crippen LogP contribution in [-0.2, 0) is 4.79 Å². The van der Waals surface area contributed by atoms with Crippen molar-refractivity contribution >= 4 is 12.0 Å². The van der Waals surface area contributed by atoms with Gasteiger partial charge in [-0.3, -0.25) is 4.79 Å². The van der Waals surface area contributed by atoms with Gasteiger partial charge in [0, 0.05) is 6.04 Å². The molecule has 1 aromatic carbocycles. The predicted molar refractivity (Wildman–Crippen MR) is 99.0 cm³/mol. The van der Waals surface area contributed by atoms with Gasteiger partial charge in [0.25, 0.3) is 5.91 Å². The van der Waals surface area contributed by atoms with Gasteiger partial charge in [0.15, 0.2) is 6.54 Å². The van der Waals surface area contributed by atoms with E-state index in [1.54, 1.807) is 4.90 Å². The molecule has 0 unspecified atom stereocenters. The molecule has 1 saturated heterocycles. The lowest BCUT2D eigenvalue weighted by atomic mass is 10.1. The summed E-state index contributed by atoms with van der Waals surface area (Å²) in [5.41, 5.74) is 1.26. The summed E-state index contributed by atoms with van der Waals surface area (Å²) in [4.78, 5) is 15.1. The van der Waals surface area contributed by atoms with E-state index in [9.17, 15) is 4.79 Å². The van der Waals surface area contributed by atoms with Crippen LogP contribution in [0.25, 0.3) is 6.08 Å². The molecule has 1 heterocycles. The normalized spacial score (nSPS) is 22.7. The van der Waals surface area contributed by atoms with Crippen molar-refractivity contribution in [2.24, 2.45) is 5.92 Å². The van der Waals surface area contributed by atoms with Crippen LogP contribution in [0, 0.1) is 5.92 Å². The molecule has 1 aromatic rings. The third-order valence-corrected chi connectivity index (χ3v) is 4.98. The number of carbonyl (C=O) groups excluding carboxylic acids is 1. The van der Waals surface area contributed by atoms with E-state index in [2.05, 4.69) is 62.5 Å². The maximum atomic E-state index is 12.1. The maximum Gasteiger partial charge on any atom is 0.275 e. The van der Waals surface area contributed by atoms with Crippen LogP contribution in [0.3, 0.4) is 0 Å². The number of quaternary nitrogens is 2. The van der Waals surface area contributed by atoms with Gasteiger partial charge in [0.2, 0.25) is 0 Å². The van der Waals surface area contributed by atoms with Crippen molar-refractivity contribution in [1.29, 1.82) is 0 Å². The smallest absolute Gasteiger partial charge is 0.275 e. The van der Waals surface area contributed by atoms with Gasteiger partial charge >= 0.3 is 0 Å². The predicted octanol–water partition coefficient (Wildman–Crippen LogP) is -0.356. The maximum absolute atomic E-state index is 12.1. The van der Waals surface area contributed by atoms with Gasteiger partial charge in [-0.2, -0.15) is 0 Å². The van der Waals surface area contributed by atoms with E-state index in [4.69, 9.17) is 0 Å². The number of carbonyl (C=O) groups is 1. The summed E-state index contributed by atoms with van der Waals surface area (Å²) in [6.07, 6.45) is 4.47. The fourth-order valence-corrected chi connectivity index (χ4v) is 2.96. The molecular weight excluding hydrogens is 298 g/mol. The zero-order valence-corrected chi connectivity index (χ0v) is 15.3. The highest BCUT2D eigenvalue weighted by Gasteiger charge is 2.24. The molecule has 0 radical (unpaired) electrons. The first-order chi connectivity index (χ1) is 11.5. The largest absolute Gasteiger partial charge is 0.348 e. The van der Waals surface area contributed by atoms with Gasteiger partial charge in [0.05, 0.1) is 6.54 Å². The number of amides is 1. The molecule has 0 spiro atoms. The molecule has 0 aromatic heterocycles. The Bertz CT molecular complexity index is 519. The van der Waals surface area contributed by atoms with Crippen LogP contribution >= 0.6 is 0 Å².